The van der Waals surface area contributed by atoms with Crippen molar-refractivity contribution >= 4 is 28.2 Å². The molecule has 8 heteroatoms. The fourth-order valence-corrected chi connectivity index (χ4v) is 6.20. The third kappa shape index (κ3) is 5.30. The lowest BCUT2D eigenvalue weighted by Gasteiger charge is -2.38. The van der Waals surface area contributed by atoms with Crippen molar-refractivity contribution in [3.8, 4) is 6.01 Å². The molecule has 0 bridgehead atoms. The molecule has 2 saturated heterocycles. The number of anilines is 2. The Bertz CT molecular complexity index is 1350. The molecule has 6 rings (SSSR count). The maximum absolute atomic E-state index is 12.2. The molecular weight excluding hydrogens is 488 g/mol. The first-order chi connectivity index (χ1) is 19.1. The molecule has 3 aliphatic rings. The average molecular weight is 527 g/mol. The molecule has 39 heavy (non-hydrogen) atoms. The number of piperidine rings is 1. The number of likely N-dealkylation sites (N-methyl/N-ethyl adjacent to an activating group) is 1. The predicted molar refractivity (Wildman–Crippen MR) is 155 cm³/mol. The maximum atomic E-state index is 12.2. The number of hydrogen-bond acceptors (Lipinski definition) is 7. The van der Waals surface area contributed by atoms with Crippen molar-refractivity contribution in [2.24, 2.45) is 0 Å². The Labute approximate surface area is 230 Å². The second-order valence-electron chi connectivity index (χ2n) is 10.9. The molecule has 2 aromatic carbocycles. The van der Waals surface area contributed by atoms with E-state index in [1.165, 1.54) is 40.9 Å². The molecule has 8 nitrogen and oxygen atoms in total. The molecule has 1 aromatic heterocycles. The highest BCUT2D eigenvalue weighted by molar-refractivity contribution is 5.94. The smallest absolute Gasteiger partial charge is 0.318 e. The first-order valence-electron chi connectivity index (χ1n) is 14.2. The highest BCUT2D eigenvalue weighted by atomic mass is 16.5. The number of benzene rings is 2. The lowest BCUT2D eigenvalue weighted by atomic mass is 10.0. The zero-order valence-corrected chi connectivity index (χ0v) is 22.9. The van der Waals surface area contributed by atoms with Crippen LogP contribution in [0.25, 0.3) is 10.8 Å². The van der Waals surface area contributed by atoms with Gasteiger partial charge in [-0.25, -0.2) is 0 Å². The summed E-state index contributed by atoms with van der Waals surface area (Å²) in [4.78, 5) is 31.1. The van der Waals surface area contributed by atoms with Gasteiger partial charge >= 0.3 is 6.01 Å². The SMILES string of the molecule is C=CC(=O)N1CCN(c2nc(OCC3CCCCN3C)nc3c2CCN(c2cccc4ccccc24)C3)CC1. The van der Waals surface area contributed by atoms with E-state index in [4.69, 9.17) is 14.7 Å². The van der Waals surface area contributed by atoms with E-state index in [2.05, 4.69) is 70.8 Å². The maximum Gasteiger partial charge on any atom is 0.318 e. The number of carbonyl (C=O) groups excluding carboxylic acids is 1. The molecule has 0 N–H and O–H groups in total. The summed E-state index contributed by atoms with van der Waals surface area (Å²) in [6.07, 6.45) is 5.89. The monoisotopic (exact) mass is 526 g/mol. The number of piperazine rings is 1. The van der Waals surface area contributed by atoms with Crippen molar-refractivity contribution in [2.75, 3.05) is 62.7 Å². The third-order valence-corrected chi connectivity index (χ3v) is 8.52. The summed E-state index contributed by atoms with van der Waals surface area (Å²) in [6.45, 7) is 9.77. The van der Waals surface area contributed by atoms with Crippen LogP contribution in [0, 0.1) is 0 Å². The van der Waals surface area contributed by atoms with Gasteiger partial charge in [0.25, 0.3) is 0 Å². The summed E-state index contributed by atoms with van der Waals surface area (Å²) in [7, 11) is 2.18. The summed E-state index contributed by atoms with van der Waals surface area (Å²) in [5.74, 6) is 0.959. The molecule has 204 valence electrons. The minimum absolute atomic E-state index is 0.00859. The van der Waals surface area contributed by atoms with Crippen molar-refractivity contribution in [3.05, 3.63) is 66.4 Å². The zero-order valence-electron chi connectivity index (χ0n) is 22.9. The third-order valence-electron chi connectivity index (χ3n) is 8.52. The van der Waals surface area contributed by atoms with Crippen LogP contribution in [0.3, 0.4) is 0 Å². The second-order valence-corrected chi connectivity index (χ2v) is 10.9. The minimum Gasteiger partial charge on any atom is -0.462 e. The molecule has 1 amide bonds. The van der Waals surface area contributed by atoms with Gasteiger partial charge in [0.1, 0.15) is 12.4 Å². The van der Waals surface area contributed by atoms with E-state index in [0.717, 1.165) is 50.5 Å². The van der Waals surface area contributed by atoms with Crippen LogP contribution in [0.4, 0.5) is 11.5 Å². The van der Waals surface area contributed by atoms with Crippen molar-refractivity contribution in [3.63, 3.8) is 0 Å². The molecule has 0 saturated carbocycles. The van der Waals surface area contributed by atoms with Crippen molar-refractivity contribution in [1.82, 2.24) is 19.8 Å². The summed E-state index contributed by atoms with van der Waals surface area (Å²) in [5, 5.41) is 2.51. The summed E-state index contributed by atoms with van der Waals surface area (Å²) in [6, 6.07) is 15.9. The van der Waals surface area contributed by atoms with Gasteiger partial charge in [0.05, 0.1) is 12.2 Å². The number of nitrogens with zero attached hydrogens (tertiary/aromatic N) is 6. The summed E-state index contributed by atoms with van der Waals surface area (Å²) < 4.78 is 6.31. The van der Waals surface area contributed by atoms with E-state index in [0.29, 0.717) is 38.3 Å². The van der Waals surface area contributed by atoms with Gasteiger partial charge in [0.2, 0.25) is 5.91 Å². The van der Waals surface area contributed by atoms with Crippen LogP contribution in [0.5, 0.6) is 6.01 Å². The average Bonchev–Trinajstić information content (AvgIpc) is 2.99. The van der Waals surface area contributed by atoms with Gasteiger partial charge in [0, 0.05) is 55.4 Å². The molecule has 3 aliphatic heterocycles. The number of carbonyl (C=O) groups is 1. The van der Waals surface area contributed by atoms with Gasteiger partial charge in [-0.15, -0.1) is 0 Å². The van der Waals surface area contributed by atoms with Gasteiger partial charge in [-0.1, -0.05) is 49.4 Å². The summed E-state index contributed by atoms with van der Waals surface area (Å²) >= 11 is 0. The lowest BCUT2D eigenvalue weighted by Crippen LogP contribution is -2.49. The van der Waals surface area contributed by atoms with E-state index < -0.39 is 0 Å². The molecule has 4 heterocycles. The Hall–Kier alpha value is -3.65. The number of rotatable bonds is 6. The Balaban J connectivity index is 1.29. The molecule has 1 atom stereocenters. The number of hydrogen-bond donors (Lipinski definition) is 0. The van der Waals surface area contributed by atoms with Gasteiger partial charge in [-0.2, -0.15) is 9.97 Å². The predicted octanol–water partition coefficient (Wildman–Crippen LogP) is 3.89. The van der Waals surface area contributed by atoms with Gasteiger partial charge in [-0.05, 0) is 50.4 Å². The van der Waals surface area contributed by atoms with Gasteiger partial charge in [0.15, 0.2) is 0 Å². The van der Waals surface area contributed by atoms with Crippen molar-refractivity contribution in [1.29, 1.82) is 0 Å². The van der Waals surface area contributed by atoms with Crippen molar-refractivity contribution < 1.29 is 9.53 Å². The molecular formula is C31H38N6O2. The summed E-state index contributed by atoms with van der Waals surface area (Å²) in [5.41, 5.74) is 3.48. The van der Waals surface area contributed by atoms with Crippen LogP contribution >= 0.6 is 0 Å². The van der Waals surface area contributed by atoms with E-state index >= 15 is 0 Å². The second kappa shape index (κ2) is 11.2. The highest BCUT2D eigenvalue weighted by Gasteiger charge is 2.29. The van der Waals surface area contributed by atoms with Crippen LogP contribution in [0.15, 0.2) is 55.1 Å². The quantitative estimate of drug-likeness (QED) is 0.452. The first-order valence-corrected chi connectivity index (χ1v) is 14.2. The molecule has 3 aromatic rings. The Morgan fingerprint density at radius 3 is 2.64 bits per heavy atom. The van der Waals surface area contributed by atoms with Crippen LogP contribution < -0.4 is 14.5 Å². The standard InChI is InChI=1S/C31H38N6O2/c1-3-29(38)35-17-19-36(20-18-35)30-26-14-16-37(28-13-8-10-23-9-4-5-12-25(23)28)21-27(26)32-31(33-30)39-22-24-11-6-7-15-34(24)2/h3-5,8-10,12-13,24H,1,6-7,11,14-22H2,2H3. The number of amides is 1. The molecule has 0 spiro atoms. The van der Waals surface area contributed by atoms with E-state index in [-0.39, 0.29) is 5.91 Å². The highest BCUT2D eigenvalue weighted by Crippen LogP contribution is 2.34. The molecule has 0 aliphatic carbocycles. The lowest BCUT2D eigenvalue weighted by molar-refractivity contribution is -0.126. The van der Waals surface area contributed by atoms with Gasteiger partial charge < -0.3 is 24.3 Å². The Morgan fingerprint density at radius 2 is 1.82 bits per heavy atom. The fourth-order valence-electron chi connectivity index (χ4n) is 6.20. The van der Waals surface area contributed by atoms with Crippen molar-refractivity contribution in [2.45, 2.75) is 38.3 Å². The first kappa shape index (κ1) is 25.6. The molecule has 0 radical (unpaired) electrons. The van der Waals surface area contributed by atoms with Crippen LogP contribution in [-0.4, -0.2) is 84.6 Å². The number of likely N-dealkylation sites (tertiary alicyclic amines) is 1. The normalized spacial score (nSPS) is 20.1. The number of ether oxygens (including phenoxy) is 1. The molecule has 2 fully saturated rings. The zero-order chi connectivity index (χ0) is 26.8. The largest absolute Gasteiger partial charge is 0.462 e. The van der Waals surface area contributed by atoms with E-state index in [1.54, 1.807) is 0 Å². The fraction of sp³-hybridized carbons (Fsp3) is 0.452. The van der Waals surface area contributed by atoms with E-state index in [9.17, 15) is 4.79 Å². The molecule has 1 unspecified atom stereocenters. The topological polar surface area (TPSA) is 65.0 Å². The van der Waals surface area contributed by atoms with Gasteiger partial charge in [-0.3, -0.25) is 4.79 Å². The van der Waals surface area contributed by atoms with E-state index in [1.807, 2.05) is 4.90 Å². The number of fused-ring (bicyclic) bond motifs is 2. The minimum atomic E-state index is -0.00859. The number of aromatic nitrogens is 2. The Morgan fingerprint density at radius 1 is 1.00 bits per heavy atom. The van der Waals surface area contributed by atoms with Crippen LogP contribution in [-0.2, 0) is 17.8 Å². The van der Waals surface area contributed by atoms with Crippen LogP contribution in [0.2, 0.25) is 0 Å². The Kier molecular flexibility index (Phi) is 7.37. The van der Waals surface area contributed by atoms with Crippen LogP contribution in [0.1, 0.15) is 30.5 Å².